The zero-order chi connectivity index (χ0) is 16.4. The molecule has 23 heavy (non-hydrogen) atoms. The maximum Gasteiger partial charge on any atom is 0.183 e. The summed E-state index contributed by atoms with van der Waals surface area (Å²) in [5.74, 6) is 1.36. The molecule has 0 saturated carbocycles. The van der Waals surface area contributed by atoms with Crippen molar-refractivity contribution in [3.63, 3.8) is 0 Å². The van der Waals surface area contributed by atoms with Gasteiger partial charge in [-0.2, -0.15) is 0 Å². The van der Waals surface area contributed by atoms with Gasteiger partial charge in [0.15, 0.2) is 10.8 Å². The fraction of sp³-hybridized carbons (Fsp3) is 0.667. The third kappa shape index (κ3) is 3.80. The molecule has 3 heterocycles. The first-order valence-corrected chi connectivity index (χ1v) is 8.88. The van der Waals surface area contributed by atoms with Crippen molar-refractivity contribution in [2.24, 2.45) is 0 Å². The highest BCUT2D eigenvalue weighted by Crippen LogP contribution is 2.30. The monoisotopic (exact) mass is 358 g/mol. The van der Waals surface area contributed by atoms with Gasteiger partial charge in [0.05, 0.1) is 19.8 Å². The van der Waals surface area contributed by atoms with Crippen LogP contribution in [0.15, 0.2) is 17.6 Å². The Morgan fingerprint density at radius 2 is 2.13 bits per heavy atom. The molecule has 0 N–H and O–H groups in total. The Kier molecular flexibility index (Phi) is 5.43. The molecule has 0 aromatic carbocycles. The van der Waals surface area contributed by atoms with Gasteiger partial charge in [0.25, 0.3) is 0 Å². The van der Waals surface area contributed by atoms with E-state index >= 15 is 0 Å². The van der Waals surface area contributed by atoms with Crippen molar-refractivity contribution in [3.05, 3.63) is 26.9 Å². The first-order valence-electron chi connectivity index (χ1n) is 7.68. The number of methoxy groups -OCH3 is 2. The third-order valence-corrected chi connectivity index (χ3v) is 5.36. The van der Waals surface area contributed by atoms with Gasteiger partial charge in [-0.3, -0.25) is 4.90 Å². The van der Waals surface area contributed by atoms with E-state index in [9.17, 15) is 0 Å². The predicted octanol–water partition coefficient (Wildman–Crippen LogP) is 2.04. The summed E-state index contributed by atoms with van der Waals surface area (Å²) in [4.78, 5) is 12.6. The van der Waals surface area contributed by atoms with Crippen LogP contribution in [0.2, 0.25) is 4.47 Å². The van der Waals surface area contributed by atoms with Gasteiger partial charge in [0.1, 0.15) is 5.82 Å². The van der Waals surface area contributed by atoms with Crippen molar-refractivity contribution in [2.45, 2.75) is 19.8 Å². The standard InChI is InChI=1S/C15H23ClN4O2S/c1-11-7-18(9-13(21-2)22-3)10-20-5-4-19(14(11)20)8-12-6-17-15(16)23-12/h6,13H,4-5,7-10H2,1-3H3. The fourth-order valence-electron chi connectivity index (χ4n) is 3.31. The molecule has 0 spiro atoms. The second kappa shape index (κ2) is 7.36. The molecule has 1 aromatic heterocycles. The summed E-state index contributed by atoms with van der Waals surface area (Å²) in [5.41, 5.74) is 1.38. The molecule has 3 rings (SSSR count). The van der Waals surface area contributed by atoms with Crippen LogP contribution in [0.4, 0.5) is 0 Å². The van der Waals surface area contributed by atoms with Crippen molar-refractivity contribution in [2.75, 3.05) is 47.1 Å². The smallest absolute Gasteiger partial charge is 0.183 e. The zero-order valence-electron chi connectivity index (χ0n) is 13.8. The van der Waals surface area contributed by atoms with E-state index in [2.05, 4.69) is 26.6 Å². The normalized spacial score (nSPS) is 19.2. The van der Waals surface area contributed by atoms with E-state index in [0.717, 1.165) is 39.4 Å². The molecule has 1 aromatic rings. The summed E-state index contributed by atoms with van der Waals surface area (Å²) in [7, 11) is 3.37. The lowest BCUT2D eigenvalue weighted by Crippen LogP contribution is -2.46. The quantitative estimate of drug-likeness (QED) is 0.725. The molecule has 8 heteroatoms. The van der Waals surface area contributed by atoms with E-state index in [1.807, 2.05) is 6.20 Å². The van der Waals surface area contributed by atoms with Crippen molar-refractivity contribution in [3.8, 4) is 0 Å². The van der Waals surface area contributed by atoms with Crippen LogP contribution < -0.4 is 0 Å². The van der Waals surface area contributed by atoms with E-state index in [4.69, 9.17) is 21.1 Å². The van der Waals surface area contributed by atoms with Crippen molar-refractivity contribution < 1.29 is 9.47 Å². The van der Waals surface area contributed by atoms with Crippen LogP contribution in [0.5, 0.6) is 0 Å². The molecule has 0 atom stereocenters. The van der Waals surface area contributed by atoms with Gasteiger partial charge in [-0.15, -0.1) is 11.3 Å². The number of halogens is 1. The minimum atomic E-state index is -0.178. The van der Waals surface area contributed by atoms with Crippen molar-refractivity contribution >= 4 is 22.9 Å². The van der Waals surface area contributed by atoms with Gasteiger partial charge in [0.2, 0.25) is 0 Å². The minimum absolute atomic E-state index is 0.178. The van der Waals surface area contributed by atoms with Crippen LogP contribution in [0.25, 0.3) is 0 Å². The summed E-state index contributed by atoms with van der Waals surface area (Å²) in [6.45, 7) is 7.80. The lowest BCUT2D eigenvalue weighted by atomic mass is 10.2. The summed E-state index contributed by atoms with van der Waals surface area (Å²) in [5, 5.41) is 0. The number of fused-ring (bicyclic) bond motifs is 1. The molecule has 6 nitrogen and oxygen atoms in total. The van der Waals surface area contributed by atoms with Crippen LogP contribution in [-0.2, 0) is 16.0 Å². The minimum Gasteiger partial charge on any atom is -0.355 e. The molecule has 128 valence electrons. The van der Waals surface area contributed by atoms with Gasteiger partial charge in [-0.05, 0) is 12.5 Å². The first kappa shape index (κ1) is 17.0. The van der Waals surface area contributed by atoms with Gasteiger partial charge < -0.3 is 19.3 Å². The Balaban J connectivity index is 1.68. The SMILES string of the molecule is COC(CN1CC(C)=C2N(Cc3cnc(Cl)s3)CCN2C1)OC. The molecular formula is C15H23ClN4O2S. The summed E-state index contributed by atoms with van der Waals surface area (Å²) in [6.07, 6.45) is 1.70. The topological polar surface area (TPSA) is 41.1 Å². The van der Waals surface area contributed by atoms with E-state index in [1.54, 1.807) is 25.6 Å². The number of hydrogen-bond donors (Lipinski definition) is 0. The van der Waals surface area contributed by atoms with Gasteiger partial charge in [0, 0.05) is 44.9 Å². The number of rotatable bonds is 6. The Morgan fingerprint density at radius 1 is 1.35 bits per heavy atom. The van der Waals surface area contributed by atoms with Gasteiger partial charge in [-0.25, -0.2) is 4.98 Å². The molecule has 1 saturated heterocycles. The molecular weight excluding hydrogens is 336 g/mol. The van der Waals surface area contributed by atoms with Gasteiger partial charge >= 0.3 is 0 Å². The molecule has 2 aliphatic rings. The summed E-state index contributed by atoms with van der Waals surface area (Å²) >= 11 is 7.50. The van der Waals surface area contributed by atoms with Crippen LogP contribution in [-0.4, -0.2) is 73.0 Å². The molecule has 1 fully saturated rings. The Hall–Kier alpha value is -0.860. The van der Waals surface area contributed by atoms with Gasteiger partial charge in [-0.1, -0.05) is 11.6 Å². The number of ether oxygens (including phenoxy) is 2. The molecule has 0 radical (unpaired) electrons. The second-order valence-corrected chi connectivity index (χ2v) is 7.62. The average Bonchev–Trinajstić information content (AvgIpc) is 3.12. The molecule has 0 bridgehead atoms. The molecule has 0 unspecified atom stereocenters. The Bertz CT molecular complexity index is 576. The molecule has 0 aliphatic carbocycles. The average molecular weight is 359 g/mol. The number of thiazole rings is 1. The number of hydrogen-bond acceptors (Lipinski definition) is 7. The number of nitrogens with zero attached hydrogens (tertiary/aromatic N) is 4. The van der Waals surface area contributed by atoms with Crippen LogP contribution in [0, 0.1) is 0 Å². The van der Waals surface area contributed by atoms with Crippen LogP contribution in [0.3, 0.4) is 0 Å². The lowest BCUT2D eigenvalue weighted by Gasteiger charge is -2.38. The highest BCUT2D eigenvalue weighted by Gasteiger charge is 2.32. The lowest BCUT2D eigenvalue weighted by molar-refractivity contribution is -0.119. The molecule has 0 amide bonds. The van der Waals surface area contributed by atoms with Crippen molar-refractivity contribution in [1.82, 2.24) is 19.7 Å². The highest BCUT2D eigenvalue weighted by molar-refractivity contribution is 7.15. The summed E-state index contributed by atoms with van der Waals surface area (Å²) < 4.78 is 11.3. The van der Waals surface area contributed by atoms with E-state index in [-0.39, 0.29) is 6.29 Å². The van der Waals surface area contributed by atoms with Crippen LogP contribution >= 0.6 is 22.9 Å². The Labute approximate surface area is 146 Å². The second-order valence-electron chi connectivity index (χ2n) is 5.92. The predicted molar refractivity (Wildman–Crippen MR) is 91.2 cm³/mol. The van der Waals surface area contributed by atoms with Crippen molar-refractivity contribution in [1.29, 1.82) is 0 Å². The largest absolute Gasteiger partial charge is 0.355 e. The maximum atomic E-state index is 5.94. The Morgan fingerprint density at radius 3 is 2.78 bits per heavy atom. The first-order chi connectivity index (χ1) is 11.1. The maximum absolute atomic E-state index is 5.94. The zero-order valence-corrected chi connectivity index (χ0v) is 15.4. The van der Waals surface area contributed by atoms with Crippen LogP contribution in [0.1, 0.15) is 11.8 Å². The number of aromatic nitrogens is 1. The van der Waals surface area contributed by atoms with E-state index < -0.39 is 0 Å². The summed E-state index contributed by atoms with van der Waals surface area (Å²) in [6, 6.07) is 0. The van der Waals surface area contributed by atoms with E-state index in [0.29, 0.717) is 4.47 Å². The highest BCUT2D eigenvalue weighted by atomic mass is 35.5. The third-order valence-electron chi connectivity index (χ3n) is 4.26. The van der Waals surface area contributed by atoms with E-state index in [1.165, 1.54) is 16.3 Å². The molecule has 2 aliphatic heterocycles. The fourth-order valence-corrected chi connectivity index (χ4v) is 4.30.